The van der Waals surface area contributed by atoms with Crippen LogP contribution in [0.5, 0.6) is 5.75 Å². The predicted molar refractivity (Wildman–Crippen MR) is 97.6 cm³/mol. The predicted octanol–water partition coefficient (Wildman–Crippen LogP) is 0.924. The van der Waals surface area contributed by atoms with Gasteiger partial charge in [-0.25, -0.2) is 14.1 Å². The summed E-state index contributed by atoms with van der Waals surface area (Å²) in [5.41, 5.74) is 0. The van der Waals surface area contributed by atoms with Crippen LogP contribution in [0.2, 0.25) is 0 Å². The third-order valence-corrected chi connectivity index (χ3v) is 4.42. The first-order chi connectivity index (χ1) is 13.7. The highest BCUT2D eigenvalue weighted by Gasteiger charge is 2.22. The maximum absolute atomic E-state index is 12.9. The Morgan fingerprint density at radius 3 is 2.36 bits per heavy atom. The lowest BCUT2D eigenvalue weighted by Gasteiger charge is -2.35. The first-order valence-corrected chi connectivity index (χ1v) is 8.79. The van der Waals surface area contributed by atoms with Gasteiger partial charge in [0, 0.05) is 26.2 Å². The van der Waals surface area contributed by atoms with Gasteiger partial charge in [-0.05, 0) is 36.4 Å². The standard InChI is InChI=1S/C18H18FN7O2/c19-14-1-3-15(4-2-14)28-11-18(27)25-9-7-24(8-10-25)16-5-6-17(23-22-16)26-13-20-12-21-26/h1-6,12-13H,7-11H2. The summed E-state index contributed by atoms with van der Waals surface area (Å²) in [6, 6.07) is 9.30. The molecule has 0 saturated carbocycles. The highest BCUT2D eigenvalue weighted by Crippen LogP contribution is 2.15. The second-order valence-electron chi connectivity index (χ2n) is 6.20. The number of anilines is 1. The maximum atomic E-state index is 12.9. The molecule has 0 atom stereocenters. The van der Waals surface area contributed by atoms with Crippen molar-refractivity contribution in [2.75, 3.05) is 37.7 Å². The quantitative estimate of drug-likeness (QED) is 0.647. The van der Waals surface area contributed by atoms with Crippen molar-refractivity contribution in [3.05, 3.63) is 54.9 Å². The van der Waals surface area contributed by atoms with Gasteiger partial charge in [-0.15, -0.1) is 10.2 Å². The maximum Gasteiger partial charge on any atom is 0.260 e. The fourth-order valence-corrected chi connectivity index (χ4v) is 2.89. The molecule has 0 bridgehead atoms. The van der Waals surface area contributed by atoms with E-state index in [1.54, 1.807) is 11.2 Å². The lowest BCUT2D eigenvalue weighted by atomic mass is 10.3. The number of amides is 1. The molecule has 1 aliphatic heterocycles. The van der Waals surface area contributed by atoms with Crippen LogP contribution in [0.25, 0.3) is 5.82 Å². The molecule has 0 unspecified atom stereocenters. The SMILES string of the molecule is O=C(COc1ccc(F)cc1)N1CCN(c2ccc(-n3cncn3)nn2)CC1. The number of aromatic nitrogens is 5. The van der Waals surface area contributed by atoms with Gasteiger partial charge in [0.2, 0.25) is 0 Å². The fourth-order valence-electron chi connectivity index (χ4n) is 2.89. The largest absolute Gasteiger partial charge is 0.484 e. The first-order valence-electron chi connectivity index (χ1n) is 8.79. The van der Waals surface area contributed by atoms with Crippen molar-refractivity contribution in [1.82, 2.24) is 29.9 Å². The molecule has 1 fully saturated rings. The molecule has 2 aromatic heterocycles. The van der Waals surface area contributed by atoms with E-state index in [-0.39, 0.29) is 18.3 Å². The van der Waals surface area contributed by atoms with Gasteiger partial charge < -0.3 is 14.5 Å². The average molecular weight is 383 g/mol. The highest BCUT2D eigenvalue weighted by atomic mass is 19.1. The molecule has 1 saturated heterocycles. The summed E-state index contributed by atoms with van der Waals surface area (Å²) in [6.45, 7) is 2.37. The van der Waals surface area contributed by atoms with Crippen molar-refractivity contribution in [2.24, 2.45) is 0 Å². The molecule has 0 aliphatic carbocycles. The average Bonchev–Trinajstić information content (AvgIpc) is 3.28. The van der Waals surface area contributed by atoms with Crippen molar-refractivity contribution in [2.45, 2.75) is 0 Å². The minimum Gasteiger partial charge on any atom is -0.484 e. The van der Waals surface area contributed by atoms with Crippen LogP contribution in [0.15, 0.2) is 49.1 Å². The molecular formula is C18H18FN7O2. The van der Waals surface area contributed by atoms with Crippen LogP contribution in [-0.2, 0) is 4.79 Å². The Kier molecular flexibility index (Phi) is 5.09. The number of halogens is 1. The van der Waals surface area contributed by atoms with E-state index in [4.69, 9.17) is 4.74 Å². The zero-order valence-electron chi connectivity index (χ0n) is 15.0. The first kappa shape index (κ1) is 17.8. The van der Waals surface area contributed by atoms with Crippen LogP contribution in [0, 0.1) is 5.82 Å². The van der Waals surface area contributed by atoms with Crippen molar-refractivity contribution < 1.29 is 13.9 Å². The van der Waals surface area contributed by atoms with E-state index >= 15 is 0 Å². The molecule has 144 valence electrons. The lowest BCUT2D eigenvalue weighted by Crippen LogP contribution is -2.50. The third kappa shape index (κ3) is 4.05. The van der Waals surface area contributed by atoms with Gasteiger partial charge in [0.05, 0.1) is 0 Å². The Bertz CT molecular complexity index is 908. The summed E-state index contributed by atoms with van der Waals surface area (Å²) in [4.78, 5) is 20.0. The van der Waals surface area contributed by atoms with Gasteiger partial charge in [0.25, 0.3) is 5.91 Å². The monoisotopic (exact) mass is 383 g/mol. The van der Waals surface area contributed by atoms with Gasteiger partial charge in [-0.3, -0.25) is 4.79 Å². The summed E-state index contributed by atoms with van der Waals surface area (Å²) >= 11 is 0. The molecule has 9 nitrogen and oxygen atoms in total. The Morgan fingerprint density at radius 2 is 1.71 bits per heavy atom. The van der Waals surface area contributed by atoms with Gasteiger partial charge in [0.15, 0.2) is 18.2 Å². The van der Waals surface area contributed by atoms with Crippen molar-refractivity contribution in [3.63, 3.8) is 0 Å². The van der Waals surface area contributed by atoms with E-state index in [1.807, 2.05) is 12.1 Å². The molecule has 28 heavy (non-hydrogen) atoms. The zero-order chi connectivity index (χ0) is 19.3. The molecule has 10 heteroatoms. The van der Waals surface area contributed by atoms with Gasteiger partial charge in [-0.2, -0.15) is 5.10 Å². The molecule has 0 N–H and O–H groups in total. The number of hydrogen-bond acceptors (Lipinski definition) is 7. The Hall–Kier alpha value is -3.56. The van der Waals surface area contributed by atoms with Crippen LogP contribution in [0.4, 0.5) is 10.2 Å². The molecule has 0 spiro atoms. The van der Waals surface area contributed by atoms with E-state index in [0.29, 0.717) is 37.7 Å². The Balaban J connectivity index is 1.28. The Labute approximate surface area is 160 Å². The second kappa shape index (κ2) is 7.99. The summed E-state index contributed by atoms with van der Waals surface area (Å²) in [7, 11) is 0. The number of carbonyl (C=O) groups excluding carboxylic acids is 1. The third-order valence-electron chi connectivity index (χ3n) is 4.42. The van der Waals surface area contributed by atoms with Gasteiger partial charge in [-0.1, -0.05) is 0 Å². The minimum absolute atomic E-state index is 0.0714. The minimum atomic E-state index is -0.341. The number of piperazine rings is 1. The van der Waals surface area contributed by atoms with Crippen LogP contribution >= 0.6 is 0 Å². The van der Waals surface area contributed by atoms with E-state index < -0.39 is 0 Å². The van der Waals surface area contributed by atoms with E-state index in [0.717, 1.165) is 5.82 Å². The van der Waals surface area contributed by atoms with Gasteiger partial charge >= 0.3 is 0 Å². The number of carbonyl (C=O) groups is 1. The normalized spacial score (nSPS) is 14.2. The number of ether oxygens (including phenoxy) is 1. The summed E-state index contributed by atoms with van der Waals surface area (Å²) in [5.74, 6) is 1.37. The smallest absolute Gasteiger partial charge is 0.260 e. The summed E-state index contributed by atoms with van der Waals surface area (Å²) in [5, 5.41) is 12.4. The molecule has 3 aromatic rings. The topological polar surface area (TPSA) is 89.3 Å². The highest BCUT2D eigenvalue weighted by molar-refractivity contribution is 5.78. The van der Waals surface area contributed by atoms with Crippen LogP contribution in [-0.4, -0.2) is 68.6 Å². The molecule has 4 rings (SSSR count). The molecule has 1 aliphatic rings. The second-order valence-corrected chi connectivity index (χ2v) is 6.20. The molecule has 1 aromatic carbocycles. The number of rotatable bonds is 5. The van der Waals surface area contributed by atoms with E-state index in [1.165, 1.54) is 35.3 Å². The molecule has 1 amide bonds. The number of hydrogen-bond donors (Lipinski definition) is 0. The summed E-state index contributed by atoms with van der Waals surface area (Å²) < 4.78 is 19.9. The lowest BCUT2D eigenvalue weighted by molar-refractivity contribution is -0.133. The molecule has 0 radical (unpaired) electrons. The van der Waals surface area contributed by atoms with Crippen LogP contribution in [0.1, 0.15) is 0 Å². The fraction of sp³-hybridized carbons (Fsp3) is 0.278. The summed E-state index contributed by atoms with van der Waals surface area (Å²) in [6.07, 6.45) is 2.99. The zero-order valence-corrected chi connectivity index (χ0v) is 15.0. The number of benzene rings is 1. The van der Waals surface area contributed by atoms with E-state index in [2.05, 4.69) is 25.2 Å². The van der Waals surface area contributed by atoms with Crippen molar-refractivity contribution >= 4 is 11.7 Å². The Morgan fingerprint density at radius 1 is 1.00 bits per heavy atom. The number of nitrogens with zero attached hydrogens (tertiary/aromatic N) is 7. The van der Waals surface area contributed by atoms with Crippen molar-refractivity contribution in [3.8, 4) is 11.6 Å². The van der Waals surface area contributed by atoms with Crippen molar-refractivity contribution in [1.29, 1.82) is 0 Å². The van der Waals surface area contributed by atoms with E-state index in [9.17, 15) is 9.18 Å². The van der Waals surface area contributed by atoms with Crippen LogP contribution in [0.3, 0.4) is 0 Å². The molecular weight excluding hydrogens is 365 g/mol. The van der Waals surface area contributed by atoms with Crippen LogP contribution < -0.4 is 9.64 Å². The van der Waals surface area contributed by atoms with Gasteiger partial charge in [0.1, 0.15) is 24.2 Å². The molecule has 3 heterocycles.